The number of allylic oxidation sites excluding steroid dienone is 1. The van der Waals surface area contributed by atoms with Gasteiger partial charge in [-0.2, -0.15) is 0 Å². The maximum atomic E-state index is 11.9. The highest BCUT2D eigenvalue weighted by atomic mass is 19.1. The topological polar surface area (TPSA) is 122 Å². The predicted octanol–water partition coefficient (Wildman–Crippen LogP) is 0.473. The first-order valence-corrected chi connectivity index (χ1v) is 6.97. The van der Waals surface area contributed by atoms with Crippen molar-refractivity contribution in [2.75, 3.05) is 19.8 Å². The molecule has 0 aliphatic carbocycles. The molecule has 6 N–H and O–H groups in total. The van der Waals surface area contributed by atoms with Crippen LogP contribution in [0.25, 0.3) is 0 Å². The summed E-state index contributed by atoms with van der Waals surface area (Å²) in [6, 6.07) is 0. The molecule has 0 saturated carbocycles. The number of hydrazine groups is 1. The van der Waals surface area contributed by atoms with Crippen molar-refractivity contribution in [1.82, 2.24) is 10.3 Å². The summed E-state index contributed by atoms with van der Waals surface area (Å²) in [4.78, 5) is 21.8. The number of amides is 1. The van der Waals surface area contributed by atoms with Gasteiger partial charge < -0.3 is 21.2 Å². The Morgan fingerprint density at radius 2 is 1.90 bits per heavy atom. The van der Waals surface area contributed by atoms with Crippen molar-refractivity contribution in [3.05, 3.63) is 11.9 Å². The fraction of sp³-hybridized carbons (Fsp3) is 0.692. The van der Waals surface area contributed by atoms with Gasteiger partial charge in [-0.3, -0.25) is 14.0 Å². The van der Waals surface area contributed by atoms with E-state index in [1.807, 2.05) is 0 Å². The number of carboxylic acid groups (broad SMARTS) is 1. The van der Waals surface area contributed by atoms with Crippen LogP contribution in [0.4, 0.5) is 4.39 Å². The summed E-state index contributed by atoms with van der Waals surface area (Å²) in [6.07, 6.45) is 4.36. The number of carbonyl (C=O) groups excluding carboxylic acids is 1. The van der Waals surface area contributed by atoms with E-state index in [0.29, 0.717) is 31.5 Å². The maximum Gasteiger partial charge on any atom is 0.303 e. The molecular formula is C13H25FN4O3. The number of hydrogen-bond donors (Lipinski definition) is 4. The van der Waals surface area contributed by atoms with Gasteiger partial charge in [0.05, 0.1) is 6.67 Å². The van der Waals surface area contributed by atoms with E-state index in [-0.39, 0.29) is 18.9 Å². The van der Waals surface area contributed by atoms with Crippen molar-refractivity contribution >= 4 is 11.9 Å². The van der Waals surface area contributed by atoms with Crippen molar-refractivity contribution in [1.29, 1.82) is 0 Å². The zero-order chi connectivity index (χ0) is 16.1. The Balaban J connectivity index is 3.71. The Kier molecular flexibility index (Phi) is 10.9. The molecule has 0 saturated heterocycles. The number of aliphatic carboxylic acids is 1. The smallest absolute Gasteiger partial charge is 0.303 e. The minimum atomic E-state index is -0.810. The van der Waals surface area contributed by atoms with Crippen molar-refractivity contribution < 1.29 is 19.1 Å². The lowest BCUT2D eigenvalue weighted by Crippen LogP contribution is -2.39. The van der Waals surface area contributed by atoms with E-state index in [4.69, 9.17) is 16.7 Å². The van der Waals surface area contributed by atoms with Crippen LogP contribution in [0.15, 0.2) is 11.9 Å². The third kappa shape index (κ3) is 12.9. The highest BCUT2D eigenvalue weighted by Gasteiger charge is 2.04. The number of hydrogen-bond acceptors (Lipinski definition) is 5. The van der Waals surface area contributed by atoms with Crippen LogP contribution in [-0.2, 0) is 9.59 Å². The van der Waals surface area contributed by atoms with Gasteiger partial charge in [0.2, 0.25) is 5.91 Å². The molecule has 0 heterocycles. The number of nitrogens with zero attached hydrogens (tertiary/aromatic N) is 1. The Labute approximate surface area is 124 Å². The van der Waals surface area contributed by atoms with Crippen molar-refractivity contribution in [3.8, 4) is 0 Å². The van der Waals surface area contributed by atoms with Gasteiger partial charge in [0.25, 0.3) is 0 Å². The summed E-state index contributed by atoms with van der Waals surface area (Å²) in [5.74, 6) is 4.53. The molecule has 122 valence electrons. The fourth-order valence-electron chi connectivity index (χ4n) is 1.62. The Bertz CT molecular complexity index is 350. The summed E-state index contributed by atoms with van der Waals surface area (Å²) in [5, 5.41) is 12.3. The lowest BCUT2D eigenvalue weighted by atomic mass is 10.2. The molecule has 0 aromatic carbocycles. The molecule has 0 aliphatic rings. The van der Waals surface area contributed by atoms with Gasteiger partial charge in [-0.25, -0.2) is 5.84 Å². The molecule has 0 spiro atoms. The van der Waals surface area contributed by atoms with Gasteiger partial charge in [-0.1, -0.05) is 6.42 Å². The molecule has 0 aromatic rings. The first-order valence-electron chi connectivity index (χ1n) is 6.97. The van der Waals surface area contributed by atoms with E-state index in [2.05, 4.69) is 5.32 Å². The monoisotopic (exact) mass is 304 g/mol. The summed E-state index contributed by atoms with van der Waals surface area (Å²) in [6.45, 7) is 0.000265. The molecule has 8 heteroatoms. The highest BCUT2D eigenvalue weighted by Crippen LogP contribution is 2.00. The van der Waals surface area contributed by atoms with Crippen LogP contribution in [0.2, 0.25) is 0 Å². The van der Waals surface area contributed by atoms with Gasteiger partial charge in [0, 0.05) is 24.9 Å². The zero-order valence-electron chi connectivity index (χ0n) is 12.2. The Morgan fingerprint density at radius 1 is 1.19 bits per heavy atom. The van der Waals surface area contributed by atoms with Crippen LogP contribution in [0.5, 0.6) is 0 Å². The lowest BCUT2D eigenvalue weighted by Gasteiger charge is -2.14. The summed E-state index contributed by atoms with van der Waals surface area (Å²) in [7, 11) is 0. The zero-order valence-corrected chi connectivity index (χ0v) is 12.2. The molecule has 21 heavy (non-hydrogen) atoms. The second-order valence-electron chi connectivity index (χ2n) is 4.72. The molecule has 0 aliphatic heterocycles. The molecule has 0 bridgehead atoms. The maximum absolute atomic E-state index is 11.9. The Hall–Kier alpha value is -1.83. The third-order valence-corrected chi connectivity index (χ3v) is 2.65. The molecule has 0 rings (SSSR count). The molecule has 0 atom stereocenters. The summed E-state index contributed by atoms with van der Waals surface area (Å²) < 4.78 is 11.9. The summed E-state index contributed by atoms with van der Waals surface area (Å²) in [5.41, 5.74) is 6.04. The van der Waals surface area contributed by atoms with E-state index >= 15 is 0 Å². The first kappa shape index (κ1) is 19.2. The quantitative estimate of drug-likeness (QED) is 0.236. The molecular weight excluding hydrogens is 279 g/mol. The predicted molar refractivity (Wildman–Crippen MR) is 77.5 cm³/mol. The lowest BCUT2D eigenvalue weighted by molar-refractivity contribution is -0.137. The van der Waals surface area contributed by atoms with Crippen LogP contribution in [-0.4, -0.2) is 41.8 Å². The standard InChI is InChI=1S/C13H25FN4O3/c14-7-4-5-11(15)9-18(16)10-12(19)17-8-3-1-2-6-13(20)21/h9H,1-8,10,15-16H2,(H,17,19)(H,20,21)/b11-9-. The number of carboxylic acids is 1. The minimum Gasteiger partial charge on any atom is -0.481 e. The van der Waals surface area contributed by atoms with Crippen LogP contribution in [0, 0.1) is 0 Å². The number of carbonyl (C=O) groups is 2. The second-order valence-corrected chi connectivity index (χ2v) is 4.72. The van der Waals surface area contributed by atoms with E-state index in [9.17, 15) is 14.0 Å². The first-order chi connectivity index (χ1) is 9.95. The third-order valence-electron chi connectivity index (χ3n) is 2.65. The Morgan fingerprint density at radius 3 is 2.52 bits per heavy atom. The van der Waals surface area contributed by atoms with E-state index in [0.717, 1.165) is 17.9 Å². The normalized spacial score (nSPS) is 11.2. The van der Waals surface area contributed by atoms with Crippen molar-refractivity contribution in [3.63, 3.8) is 0 Å². The van der Waals surface area contributed by atoms with Crippen LogP contribution in [0.3, 0.4) is 0 Å². The largest absolute Gasteiger partial charge is 0.481 e. The molecule has 0 aromatic heterocycles. The second kappa shape index (κ2) is 12.0. The average Bonchev–Trinajstić information content (AvgIpc) is 2.39. The van der Waals surface area contributed by atoms with Gasteiger partial charge in [0.15, 0.2) is 0 Å². The van der Waals surface area contributed by atoms with Gasteiger partial charge in [0.1, 0.15) is 6.54 Å². The molecule has 0 unspecified atom stereocenters. The number of rotatable bonds is 12. The number of halogens is 1. The number of unbranched alkanes of at least 4 members (excludes halogenated alkanes) is 2. The minimum absolute atomic E-state index is 0.0363. The highest BCUT2D eigenvalue weighted by molar-refractivity contribution is 5.78. The van der Waals surface area contributed by atoms with Crippen molar-refractivity contribution in [2.24, 2.45) is 11.6 Å². The molecule has 0 radical (unpaired) electrons. The van der Waals surface area contributed by atoms with E-state index in [1.165, 1.54) is 6.20 Å². The number of nitrogens with one attached hydrogen (secondary N) is 1. The van der Waals surface area contributed by atoms with Crippen LogP contribution < -0.4 is 16.9 Å². The average molecular weight is 304 g/mol. The van der Waals surface area contributed by atoms with Gasteiger partial charge >= 0.3 is 5.97 Å². The van der Waals surface area contributed by atoms with Crippen LogP contribution >= 0.6 is 0 Å². The SMILES string of the molecule is N/C(=C\N(N)CC(=O)NCCCCCC(=O)O)CCCF. The summed E-state index contributed by atoms with van der Waals surface area (Å²) >= 11 is 0. The van der Waals surface area contributed by atoms with E-state index in [1.54, 1.807) is 0 Å². The fourth-order valence-corrected chi connectivity index (χ4v) is 1.62. The van der Waals surface area contributed by atoms with Crippen molar-refractivity contribution in [2.45, 2.75) is 38.5 Å². The van der Waals surface area contributed by atoms with Gasteiger partial charge in [-0.15, -0.1) is 0 Å². The number of nitrogens with two attached hydrogens (primary N) is 2. The number of alkyl halides is 1. The molecule has 7 nitrogen and oxygen atoms in total. The van der Waals surface area contributed by atoms with Gasteiger partial charge in [-0.05, 0) is 25.7 Å². The molecule has 1 amide bonds. The molecule has 0 fully saturated rings. The van der Waals surface area contributed by atoms with Crippen LogP contribution in [0.1, 0.15) is 38.5 Å². The van der Waals surface area contributed by atoms with E-state index < -0.39 is 12.6 Å².